The molecule has 0 unspecified atom stereocenters. The Labute approximate surface area is 142 Å². The third kappa shape index (κ3) is 3.90. The summed E-state index contributed by atoms with van der Waals surface area (Å²) in [6, 6.07) is 20.3. The fourth-order valence-corrected chi connectivity index (χ4v) is 3.29. The monoisotopic (exact) mass is 328 g/mol. The molecular formula is C21H22F2O. The van der Waals surface area contributed by atoms with Crippen molar-refractivity contribution in [1.29, 1.82) is 0 Å². The number of hydrogen-bond acceptors (Lipinski definition) is 1. The molecule has 1 aliphatic rings. The Morgan fingerprint density at radius 2 is 1.33 bits per heavy atom. The topological polar surface area (TPSA) is 12.5 Å². The Balaban J connectivity index is 1.69. The van der Waals surface area contributed by atoms with Crippen LogP contribution >= 0.6 is 0 Å². The molecule has 126 valence electrons. The highest BCUT2D eigenvalue weighted by Crippen LogP contribution is 2.49. The molecule has 1 saturated heterocycles. The van der Waals surface area contributed by atoms with Gasteiger partial charge in [0.25, 0.3) is 6.08 Å². The largest absolute Gasteiger partial charge is 0.361 e. The predicted octanol–water partition coefficient (Wildman–Crippen LogP) is 5.56. The molecule has 0 amide bonds. The quantitative estimate of drug-likeness (QED) is 0.606. The molecule has 2 aromatic rings. The van der Waals surface area contributed by atoms with Crippen molar-refractivity contribution in [2.75, 3.05) is 0 Å². The standard InChI is InChI=1S/C21H22F2O/c1-16(20(22)23)19-21(24-19,14-12-17-8-4-2-5-9-17)15-13-18-10-6-3-7-11-18/h2-11,19H,12-15H2,1H3/t19-/m1/s1. The van der Waals surface area contributed by atoms with Gasteiger partial charge in [-0.15, -0.1) is 0 Å². The molecule has 0 bridgehead atoms. The molecule has 0 saturated carbocycles. The van der Waals surface area contributed by atoms with Crippen LogP contribution in [0.5, 0.6) is 0 Å². The number of epoxide rings is 1. The molecular weight excluding hydrogens is 306 g/mol. The summed E-state index contributed by atoms with van der Waals surface area (Å²) in [6.07, 6.45) is 1.15. The van der Waals surface area contributed by atoms with E-state index in [9.17, 15) is 8.78 Å². The Morgan fingerprint density at radius 3 is 1.75 bits per heavy atom. The van der Waals surface area contributed by atoms with Gasteiger partial charge in [0.15, 0.2) is 0 Å². The van der Waals surface area contributed by atoms with Gasteiger partial charge in [0, 0.05) is 5.57 Å². The van der Waals surface area contributed by atoms with Gasteiger partial charge in [-0.1, -0.05) is 60.7 Å². The van der Waals surface area contributed by atoms with Crippen molar-refractivity contribution in [2.45, 2.75) is 44.3 Å². The van der Waals surface area contributed by atoms with Crippen LogP contribution in [0.1, 0.15) is 30.9 Å². The molecule has 1 atom stereocenters. The minimum atomic E-state index is -1.61. The summed E-state index contributed by atoms with van der Waals surface area (Å²) in [5, 5.41) is 0. The van der Waals surface area contributed by atoms with Gasteiger partial charge in [-0.05, 0) is 43.7 Å². The lowest BCUT2D eigenvalue weighted by Crippen LogP contribution is -2.19. The molecule has 24 heavy (non-hydrogen) atoms. The molecule has 1 aliphatic heterocycles. The summed E-state index contributed by atoms with van der Waals surface area (Å²) < 4.78 is 31.8. The van der Waals surface area contributed by atoms with E-state index in [1.807, 2.05) is 36.4 Å². The lowest BCUT2D eigenvalue weighted by molar-refractivity contribution is 0.268. The van der Waals surface area contributed by atoms with E-state index in [2.05, 4.69) is 24.3 Å². The Morgan fingerprint density at radius 1 is 0.875 bits per heavy atom. The molecule has 3 heteroatoms. The van der Waals surface area contributed by atoms with E-state index >= 15 is 0 Å². The zero-order chi connectivity index (χ0) is 17.0. The fourth-order valence-electron chi connectivity index (χ4n) is 3.29. The number of benzene rings is 2. The summed E-state index contributed by atoms with van der Waals surface area (Å²) >= 11 is 0. The van der Waals surface area contributed by atoms with Crippen LogP contribution < -0.4 is 0 Å². The molecule has 2 aromatic carbocycles. The zero-order valence-corrected chi connectivity index (χ0v) is 13.8. The minimum Gasteiger partial charge on any atom is -0.361 e. The second-order valence-corrected chi connectivity index (χ2v) is 6.48. The number of halogens is 2. The lowest BCUT2D eigenvalue weighted by atomic mass is 9.88. The fraction of sp³-hybridized carbons (Fsp3) is 0.333. The van der Waals surface area contributed by atoms with E-state index in [0.717, 1.165) is 25.7 Å². The first kappa shape index (κ1) is 16.8. The summed E-state index contributed by atoms with van der Waals surface area (Å²) in [7, 11) is 0. The molecule has 0 radical (unpaired) electrons. The van der Waals surface area contributed by atoms with E-state index in [4.69, 9.17) is 4.74 Å². The maximum atomic E-state index is 13.0. The van der Waals surface area contributed by atoms with Gasteiger partial charge in [0.05, 0.1) is 5.60 Å². The third-order valence-corrected chi connectivity index (χ3v) is 4.82. The summed E-state index contributed by atoms with van der Waals surface area (Å²) in [5.41, 5.74) is 2.05. The van der Waals surface area contributed by atoms with Crippen molar-refractivity contribution < 1.29 is 13.5 Å². The van der Waals surface area contributed by atoms with Crippen LogP contribution in [0.4, 0.5) is 8.78 Å². The van der Waals surface area contributed by atoms with Crippen LogP contribution in [0.2, 0.25) is 0 Å². The highest BCUT2D eigenvalue weighted by molar-refractivity contribution is 5.25. The summed E-state index contributed by atoms with van der Waals surface area (Å²) in [6.45, 7) is 1.48. The Bertz CT molecular complexity index is 647. The molecule has 3 rings (SSSR count). The first-order valence-electron chi connectivity index (χ1n) is 8.38. The maximum absolute atomic E-state index is 13.0. The first-order valence-corrected chi connectivity index (χ1v) is 8.38. The van der Waals surface area contributed by atoms with Crippen LogP contribution in [0.25, 0.3) is 0 Å². The van der Waals surface area contributed by atoms with Gasteiger partial charge in [0.1, 0.15) is 6.10 Å². The molecule has 0 N–H and O–H groups in total. The van der Waals surface area contributed by atoms with E-state index < -0.39 is 17.8 Å². The maximum Gasteiger partial charge on any atom is 0.271 e. The van der Waals surface area contributed by atoms with Crippen molar-refractivity contribution in [3.63, 3.8) is 0 Å². The normalized spacial score (nSPS) is 18.2. The van der Waals surface area contributed by atoms with Crippen molar-refractivity contribution in [3.05, 3.63) is 83.4 Å². The number of hydrogen-bond donors (Lipinski definition) is 0. The van der Waals surface area contributed by atoms with Gasteiger partial charge < -0.3 is 4.74 Å². The number of ether oxygens (including phenoxy) is 1. The van der Waals surface area contributed by atoms with Crippen molar-refractivity contribution in [1.82, 2.24) is 0 Å². The average Bonchev–Trinajstić information content (AvgIpc) is 3.34. The van der Waals surface area contributed by atoms with Crippen molar-refractivity contribution in [3.8, 4) is 0 Å². The van der Waals surface area contributed by atoms with E-state index in [0.29, 0.717) is 0 Å². The number of rotatable bonds is 7. The minimum absolute atomic E-state index is 0.0797. The molecule has 1 nitrogen and oxygen atoms in total. The molecule has 1 fully saturated rings. The van der Waals surface area contributed by atoms with Crippen LogP contribution in [0, 0.1) is 0 Å². The Kier molecular flexibility index (Phi) is 5.10. The molecule has 1 heterocycles. The second kappa shape index (κ2) is 7.27. The second-order valence-electron chi connectivity index (χ2n) is 6.48. The van der Waals surface area contributed by atoms with Gasteiger partial charge in [-0.2, -0.15) is 8.78 Å². The third-order valence-electron chi connectivity index (χ3n) is 4.82. The lowest BCUT2D eigenvalue weighted by Gasteiger charge is -2.14. The van der Waals surface area contributed by atoms with Crippen LogP contribution in [-0.2, 0) is 17.6 Å². The van der Waals surface area contributed by atoms with E-state index in [1.165, 1.54) is 18.1 Å². The molecule has 0 spiro atoms. The summed E-state index contributed by atoms with van der Waals surface area (Å²) in [5.74, 6) is 0. The van der Waals surface area contributed by atoms with Crippen molar-refractivity contribution >= 4 is 0 Å². The van der Waals surface area contributed by atoms with Gasteiger partial charge in [-0.3, -0.25) is 0 Å². The number of aryl methyl sites for hydroxylation is 2. The predicted molar refractivity (Wildman–Crippen MR) is 92.0 cm³/mol. The molecule has 0 aromatic heterocycles. The van der Waals surface area contributed by atoms with Gasteiger partial charge in [0.2, 0.25) is 0 Å². The Hall–Kier alpha value is -2.00. The SMILES string of the molecule is CC(=C(F)F)[C@H]1OC1(CCc1ccccc1)CCc1ccccc1. The van der Waals surface area contributed by atoms with Crippen LogP contribution in [0.15, 0.2) is 72.3 Å². The van der Waals surface area contributed by atoms with Crippen molar-refractivity contribution in [2.24, 2.45) is 0 Å². The molecule has 0 aliphatic carbocycles. The van der Waals surface area contributed by atoms with Gasteiger partial charge >= 0.3 is 0 Å². The van der Waals surface area contributed by atoms with Gasteiger partial charge in [-0.25, -0.2) is 0 Å². The summed E-state index contributed by atoms with van der Waals surface area (Å²) in [4.78, 5) is 0. The highest BCUT2D eigenvalue weighted by atomic mass is 19.3. The van der Waals surface area contributed by atoms with Crippen LogP contribution in [0.3, 0.4) is 0 Å². The van der Waals surface area contributed by atoms with E-state index in [1.54, 1.807) is 0 Å². The first-order chi connectivity index (χ1) is 11.6. The highest BCUT2D eigenvalue weighted by Gasteiger charge is 2.56. The van der Waals surface area contributed by atoms with Crippen LogP contribution in [-0.4, -0.2) is 11.7 Å². The average molecular weight is 328 g/mol. The van der Waals surface area contributed by atoms with E-state index in [-0.39, 0.29) is 5.57 Å². The smallest absolute Gasteiger partial charge is 0.271 e. The zero-order valence-electron chi connectivity index (χ0n) is 13.8.